The Morgan fingerprint density at radius 3 is 2.93 bits per heavy atom. The lowest BCUT2D eigenvalue weighted by atomic mass is 9.96. The molecular formula is C19H21F2N3O5S. The topological polar surface area (TPSA) is 110 Å². The lowest BCUT2D eigenvalue weighted by molar-refractivity contribution is -0.127. The number of halogens is 2. The number of carbonyl (C=O) groups is 1. The second-order valence-corrected chi connectivity index (χ2v) is 10.1. The van der Waals surface area contributed by atoms with Crippen LogP contribution in [0.5, 0.6) is 11.5 Å². The van der Waals surface area contributed by atoms with E-state index in [0.29, 0.717) is 35.5 Å². The standard InChI is InChI=1S/C19H21F2N3O5S/c1-19(5-6-30(26,27)10-19)22-17(25)12-8-14-16(28-9-12)15(24-23-14)11-3-2-4-13(7-11)29-18(20)21/h2-4,7,12,18H,5-6,8-10H2,1H3,(H,22,25)(H,23,24). The Hall–Kier alpha value is -2.69. The minimum absolute atomic E-state index is 0.00655. The third-order valence-corrected chi connectivity index (χ3v) is 7.21. The first kappa shape index (κ1) is 20.6. The zero-order valence-electron chi connectivity index (χ0n) is 16.2. The van der Waals surface area contributed by atoms with Crippen molar-refractivity contribution < 1.29 is 31.5 Å². The summed E-state index contributed by atoms with van der Waals surface area (Å²) in [5, 5.41) is 9.92. The number of hydrogen-bond donors (Lipinski definition) is 2. The summed E-state index contributed by atoms with van der Waals surface area (Å²) in [6, 6.07) is 6.12. The summed E-state index contributed by atoms with van der Waals surface area (Å²) in [6.07, 6.45) is 0.718. The van der Waals surface area contributed by atoms with Crippen molar-refractivity contribution in [3.63, 3.8) is 0 Å². The summed E-state index contributed by atoms with van der Waals surface area (Å²) in [5.74, 6) is -0.318. The third kappa shape index (κ3) is 4.25. The van der Waals surface area contributed by atoms with E-state index in [4.69, 9.17) is 4.74 Å². The number of ether oxygens (including phenoxy) is 2. The third-order valence-electron chi connectivity index (χ3n) is 5.30. The number of H-pyrrole nitrogens is 1. The molecular weight excluding hydrogens is 420 g/mol. The number of amides is 1. The lowest BCUT2D eigenvalue weighted by Gasteiger charge is -2.28. The van der Waals surface area contributed by atoms with Gasteiger partial charge >= 0.3 is 6.61 Å². The van der Waals surface area contributed by atoms with Crippen LogP contribution in [0, 0.1) is 5.92 Å². The zero-order valence-corrected chi connectivity index (χ0v) is 17.0. The molecule has 1 fully saturated rings. The van der Waals surface area contributed by atoms with E-state index in [1.54, 1.807) is 19.1 Å². The monoisotopic (exact) mass is 441 g/mol. The van der Waals surface area contributed by atoms with Gasteiger partial charge in [0.05, 0.1) is 28.7 Å². The molecule has 2 unspecified atom stereocenters. The molecule has 2 aliphatic heterocycles. The Morgan fingerprint density at radius 1 is 1.43 bits per heavy atom. The van der Waals surface area contributed by atoms with E-state index in [9.17, 15) is 22.0 Å². The molecule has 11 heteroatoms. The fourth-order valence-corrected chi connectivity index (χ4v) is 5.94. The molecule has 0 bridgehead atoms. The van der Waals surface area contributed by atoms with Crippen LogP contribution in [0.1, 0.15) is 19.0 Å². The number of alkyl halides is 2. The summed E-state index contributed by atoms with van der Waals surface area (Å²) in [5.41, 5.74) is 0.816. The highest BCUT2D eigenvalue weighted by atomic mass is 32.2. The number of aromatic amines is 1. The summed E-state index contributed by atoms with van der Waals surface area (Å²) in [7, 11) is -3.14. The molecule has 0 radical (unpaired) electrons. The SMILES string of the molecule is CC1(NC(=O)C2COc3c(-c4cccc(OC(F)F)c4)n[nH]c3C2)CCS(=O)(=O)C1. The van der Waals surface area contributed by atoms with Crippen molar-refractivity contribution in [2.75, 3.05) is 18.1 Å². The van der Waals surface area contributed by atoms with E-state index in [1.165, 1.54) is 12.1 Å². The fraction of sp³-hybridized carbons (Fsp3) is 0.474. The summed E-state index contributed by atoms with van der Waals surface area (Å²) < 4.78 is 58.6. The number of hydrogen-bond acceptors (Lipinski definition) is 6. The fourth-order valence-electron chi connectivity index (χ4n) is 3.84. The van der Waals surface area contributed by atoms with E-state index in [2.05, 4.69) is 20.3 Å². The van der Waals surface area contributed by atoms with Gasteiger partial charge in [-0.2, -0.15) is 13.9 Å². The maximum Gasteiger partial charge on any atom is 0.387 e. The van der Waals surface area contributed by atoms with Crippen LogP contribution in [-0.4, -0.2) is 54.8 Å². The van der Waals surface area contributed by atoms with Crippen LogP contribution >= 0.6 is 0 Å². The van der Waals surface area contributed by atoms with Gasteiger partial charge in [0.25, 0.3) is 0 Å². The molecule has 2 atom stereocenters. The molecule has 2 N–H and O–H groups in total. The van der Waals surface area contributed by atoms with E-state index in [0.717, 1.165) is 0 Å². The van der Waals surface area contributed by atoms with E-state index < -0.39 is 27.9 Å². The van der Waals surface area contributed by atoms with Crippen molar-refractivity contribution in [1.82, 2.24) is 15.5 Å². The highest BCUT2D eigenvalue weighted by Crippen LogP contribution is 2.37. The molecule has 1 aromatic carbocycles. The molecule has 1 saturated heterocycles. The Labute approximate surface area is 171 Å². The highest BCUT2D eigenvalue weighted by molar-refractivity contribution is 7.91. The van der Waals surface area contributed by atoms with E-state index in [-0.39, 0.29) is 29.8 Å². The second-order valence-electron chi connectivity index (χ2n) is 7.89. The largest absolute Gasteiger partial charge is 0.488 e. The summed E-state index contributed by atoms with van der Waals surface area (Å²) in [6.45, 7) is -1.10. The number of benzene rings is 1. The number of nitrogens with one attached hydrogen (secondary N) is 2. The molecule has 2 aliphatic rings. The first-order chi connectivity index (χ1) is 14.1. The van der Waals surface area contributed by atoms with Gasteiger partial charge in [0.15, 0.2) is 15.6 Å². The highest BCUT2D eigenvalue weighted by Gasteiger charge is 2.41. The molecule has 0 saturated carbocycles. The van der Waals surface area contributed by atoms with Gasteiger partial charge in [0.2, 0.25) is 5.91 Å². The van der Waals surface area contributed by atoms with Gasteiger partial charge in [-0.15, -0.1) is 0 Å². The molecule has 1 amide bonds. The molecule has 30 heavy (non-hydrogen) atoms. The van der Waals surface area contributed by atoms with Crippen LogP contribution in [0.4, 0.5) is 8.78 Å². The van der Waals surface area contributed by atoms with Gasteiger partial charge in [-0.25, -0.2) is 8.42 Å². The van der Waals surface area contributed by atoms with Gasteiger partial charge in [0.1, 0.15) is 18.1 Å². The number of fused-ring (bicyclic) bond motifs is 1. The van der Waals surface area contributed by atoms with Gasteiger partial charge < -0.3 is 14.8 Å². The summed E-state index contributed by atoms with van der Waals surface area (Å²) in [4.78, 5) is 12.7. The van der Waals surface area contributed by atoms with Gasteiger partial charge in [0, 0.05) is 12.0 Å². The predicted octanol–water partition coefficient (Wildman–Crippen LogP) is 1.92. The van der Waals surface area contributed by atoms with Gasteiger partial charge in [-0.05, 0) is 25.5 Å². The Bertz CT molecular complexity index is 1070. The Morgan fingerprint density at radius 2 is 2.23 bits per heavy atom. The van der Waals surface area contributed by atoms with E-state index >= 15 is 0 Å². The van der Waals surface area contributed by atoms with Crippen molar-refractivity contribution in [2.45, 2.75) is 31.9 Å². The molecule has 1 aromatic heterocycles. The molecule has 3 heterocycles. The maximum absolute atomic E-state index is 12.7. The molecule has 8 nitrogen and oxygen atoms in total. The molecule has 162 valence electrons. The number of sulfone groups is 1. The Balaban J connectivity index is 1.47. The maximum atomic E-state index is 12.7. The molecule has 4 rings (SSSR count). The Kier molecular flexibility index (Phi) is 5.16. The van der Waals surface area contributed by atoms with Gasteiger partial charge in [-0.3, -0.25) is 9.89 Å². The van der Waals surface area contributed by atoms with Crippen molar-refractivity contribution in [1.29, 1.82) is 0 Å². The first-order valence-electron chi connectivity index (χ1n) is 9.42. The first-order valence-corrected chi connectivity index (χ1v) is 11.2. The van der Waals surface area contributed by atoms with Crippen molar-refractivity contribution in [3.8, 4) is 22.8 Å². The van der Waals surface area contributed by atoms with Crippen LogP contribution in [-0.2, 0) is 21.1 Å². The number of aromatic nitrogens is 2. The molecule has 0 aliphatic carbocycles. The zero-order chi connectivity index (χ0) is 21.5. The van der Waals surface area contributed by atoms with Crippen LogP contribution in [0.15, 0.2) is 24.3 Å². The second kappa shape index (κ2) is 7.53. The van der Waals surface area contributed by atoms with Crippen LogP contribution in [0.3, 0.4) is 0 Å². The van der Waals surface area contributed by atoms with Gasteiger partial charge in [-0.1, -0.05) is 12.1 Å². The normalized spacial score (nSPS) is 24.9. The smallest absolute Gasteiger partial charge is 0.387 e. The van der Waals surface area contributed by atoms with E-state index in [1.807, 2.05) is 0 Å². The van der Waals surface area contributed by atoms with Crippen LogP contribution in [0.25, 0.3) is 11.3 Å². The molecule has 2 aromatic rings. The number of rotatable bonds is 5. The van der Waals surface area contributed by atoms with Crippen LogP contribution < -0.4 is 14.8 Å². The summed E-state index contributed by atoms with van der Waals surface area (Å²) >= 11 is 0. The van der Waals surface area contributed by atoms with Crippen molar-refractivity contribution in [2.24, 2.45) is 5.92 Å². The van der Waals surface area contributed by atoms with Crippen molar-refractivity contribution in [3.05, 3.63) is 30.0 Å². The average Bonchev–Trinajstić information content (AvgIpc) is 3.20. The predicted molar refractivity (Wildman–Crippen MR) is 103 cm³/mol. The number of nitrogens with zero attached hydrogens (tertiary/aromatic N) is 1. The van der Waals surface area contributed by atoms with Crippen LogP contribution in [0.2, 0.25) is 0 Å². The average molecular weight is 441 g/mol. The minimum atomic E-state index is -3.14. The minimum Gasteiger partial charge on any atom is -0.488 e. The van der Waals surface area contributed by atoms with Crippen molar-refractivity contribution >= 4 is 15.7 Å². The number of carbonyl (C=O) groups excluding carboxylic acids is 1. The quantitative estimate of drug-likeness (QED) is 0.734. The lowest BCUT2D eigenvalue weighted by Crippen LogP contribution is -2.50. The molecule has 0 spiro atoms.